The molecule has 1 saturated heterocycles. The Balaban J connectivity index is 2.17. The predicted molar refractivity (Wildman–Crippen MR) is 79.2 cm³/mol. The number of amides is 1. The number of aliphatic hydroxyl groups is 1. The number of nitrogens with one attached hydrogen (secondary N) is 1. The topological polar surface area (TPSA) is 64.4 Å². The lowest BCUT2D eigenvalue weighted by Crippen LogP contribution is -2.38. The van der Waals surface area contributed by atoms with Gasteiger partial charge in [0.2, 0.25) is 0 Å². The average Bonchev–Trinajstić information content (AvgIpc) is 2.49. The van der Waals surface area contributed by atoms with Crippen molar-refractivity contribution < 1.29 is 9.90 Å². The van der Waals surface area contributed by atoms with Crippen molar-refractivity contribution in [1.29, 1.82) is 5.41 Å². The van der Waals surface area contributed by atoms with Gasteiger partial charge in [0.15, 0.2) is 0 Å². The Labute approximate surface area is 119 Å². The molecule has 0 spiro atoms. The fraction of sp³-hybridized carbons (Fsp3) is 0.375. The number of benzene rings is 1. The second kappa shape index (κ2) is 6.37. The van der Waals surface area contributed by atoms with Crippen molar-refractivity contribution in [3.8, 4) is 0 Å². The normalized spacial score (nSPS) is 16.1. The Morgan fingerprint density at radius 3 is 2.35 bits per heavy atom. The van der Waals surface area contributed by atoms with E-state index in [0.717, 1.165) is 31.1 Å². The van der Waals surface area contributed by atoms with E-state index in [4.69, 9.17) is 5.41 Å². The van der Waals surface area contributed by atoms with Gasteiger partial charge in [0.25, 0.3) is 5.91 Å². The molecule has 0 aromatic heterocycles. The number of likely N-dealkylation sites (tertiary alicyclic amines) is 1. The van der Waals surface area contributed by atoms with Gasteiger partial charge in [0.1, 0.15) is 0 Å². The van der Waals surface area contributed by atoms with Crippen LogP contribution in [-0.2, 0) is 4.79 Å². The minimum atomic E-state index is -0.252. The maximum Gasteiger partial charge on any atom is 0.259 e. The first-order valence-electron chi connectivity index (χ1n) is 6.93. The first-order valence-corrected chi connectivity index (χ1v) is 6.93. The zero-order valence-corrected chi connectivity index (χ0v) is 11.7. The van der Waals surface area contributed by atoms with Crippen LogP contribution in [0.25, 0.3) is 0 Å². The highest BCUT2D eigenvalue weighted by Gasteiger charge is 2.23. The summed E-state index contributed by atoms with van der Waals surface area (Å²) in [4.78, 5) is 14.1. The van der Waals surface area contributed by atoms with Gasteiger partial charge in [-0.05, 0) is 26.2 Å². The number of aliphatic hydroxyl groups excluding tert-OH is 1. The number of carbonyl (C=O) groups excluding carboxylic acids is 1. The van der Waals surface area contributed by atoms with Gasteiger partial charge in [0, 0.05) is 18.7 Å². The Morgan fingerprint density at radius 2 is 1.80 bits per heavy atom. The van der Waals surface area contributed by atoms with Crippen LogP contribution in [0, 0.1) is 12.3 Å². The van der Waals surface area contributed by atoms with Gasteiger partial charge in [-0.1, -0.05) is 29.8 Å². The van der Waals surface area contributed by atoms with Crippen molar-refractivity contribution in [1.82, 2.24) is 4.90 Å². The van der Waals surface area contributed by atoms with Crippen molar-refractivity contribution in [2.45, 2.75) is 26.2 Å². The van der Waals surface area contributed by atoms with E-state index in [1.54, 1.807) is 17.0 Å². The first kappa shape index (κ1) is 14.3. The summed E-state index contributed by atoms with van der Waals surface area (Å²) < 4.78 is 0. The minimum Gasteiger partial charge on any atom is -0.515 e. The first-order chi connectivity index (χ1) is 9.63. The Hall–Kier alpha value is -2.10. The molecular formula is C16H20N2O2. The fourth-order valence-electron chi connectivity index (χ4n) is 2.37. The Bertz CT molecular complexity index is 526. The van der Waals surface area contributed by atoms with Crippen molar-refractivity contribution in [2.24, 2.45) is 0 Å². The van der Waals surface area contributed by atoms with Crippen molar-refractivity contribution in [3.63, 3.8) is 0 Å². The molecule has 1 aliphatic heterocycles. The van der Waals surface area contributed by atoms with Gasteiger partial charge in [-0.15, -0.1) is 0 Å². The standard InChI is InChI=1S/C16H20N2O2/c1-12-5-7-13(8-6-12)15(17)14(11-19)16(20)18-9-3-2-4-10-18/h5-8,11,17,19H,2-4,9-10H2,1H3/b14-11+,17-15?. The molecule has 2 N–H and O–H groups in total. The van der Waals surface area contributed by atoms with Crippen molar-refractivity contribution in [3.05, 3.63) is 47.2 Å². The lowest BCUT2D eigenvalue weighted by atomic mass is 10.0. The summed E-state index contributed by atoms with van der Waals surface area (Å²) in [5, 5.41) is 17.5. The number of nitrogens with zero attached hydrogens (tertiary/aromatic N) is 1. The molecule has 4 heteroatoms. The summed E-state index contributed by atoms with van der Waals surface area (Å²) in [5.41, 5.74) is 1.87. The highest BCUT2D eigenvalue weighted by Crippen LogP contribution is 2.16. The molecule has 1 heterocycles. The van der Waals surface area contributed by atoms with E-state index < -0.39 is 0 Å². The largest absolute Gasteiger partial charge is 0.515 e. The number of rotatable bonds is 3. The molecule has 106 valence electrons. The zero-order valence-electron chi connectivity index (χ0n) is 11.7. The van der Waals surface area contributed by atoms with Gasteiger partial charge in [-0.25, -0.2) is 0 Å². The average molecular weight is 272 g/mol. The van der Waals surface area contributed by atoms with Gasteiger partial charge < -0.3 is 10.0 Å². The molecule has 20 heavy (non-hydrogen) atoms. The molecule has 1 aromatic carbocycles. The van der Waals surface area contributed by atoms with Crippen molar-refractivity contribution >= 4 is 11.6 Å². The van der Waals surface area contributed by atoms with Crippen LogP contribution in [0.4, 0.5) is 0 Å². The van der Waals surface area contributed by atoms with Crippen LogP contribution >= 0.6 is 0 Å². The van der Waals surface area contributed by atoms with Crippen LogP contribution in [0.1, 0.15) is 30.4 Å². The molecule has 1 aromatic rings. The summed E-state index contributed by atoms with van der Waals surface area (Å²) in [6.45, 7) is 3.38. The molecule has 0 aliphatic carbocycles. The lowest BCUT2D eigenvalue weighted by molar-refractivity contribution is -0.127. The number of aryl methyl sites for hydroxylation is 1. The van der Waals surface area contributed by atoms with Gasteiger partial charge in [-0.2, -0.15) is 0 Å². The molecule has 1 amide bonds. The van der Waals surface area contributed by atoms with Crippen LogP contribution in [0.3, 0.4) is 0 Å². The smallest absolute Gasteiger partial charge is 0.259 e. The van der Waals surface area contributed by atoms with E-state index in [0.29, 0.717) is 18.7 Å². The SMILES string of the molecule is Cc1ccc(C(=N)/C(=C\O)C(=O)N2CCCCC2)cc1. The van der Waals surface area contributed by atoms with E-state index in [1.165, 1.54) is 0 Å². The van der Waals surface area contributed by atoms with Crippen LogP contribution in [0.5, 0.6) is 0 Å². The second-order valence-corrected chi connectivity index (χ2v) is 5.14. The van der Waals surface area contributed by atoms with Gasteiger partial charge >= 0.3 is 0 Å². The molecule has 0 unspecified atom stereocenters. The summed E-state index contributed by atoms with van der Waals surface area (Å²) in [5.74, 6) is -0.252. The summed E-state index contributed by atoms with van der Waals surface area (Å²) in [6.07, 6.45) is 3.88. The number of hydrogen-bond donors (Lipinski definition) is 2. The fourth-order valence-corrected chi connectivity index (χ4v) is 2.37. The Kier molecular flexibility index (Phi) is 4.56. The van der Waals surface area contributed by atoms with Crippen molar-refractivity contribution in [2.75, 3.05) is 13.1 Å². The van der Waals surface area contributed by atoms with E-state index >= 15 is 0 Å². The zero-order chi connectivity index (χ0) is 14.5. The van der Waals surface area contributed by atoms with E-state index in [-0.39, 0.29) is 17.2 Å². The van der Waals surface area contributed by atoms with Crippen LogP contribution in [-0.4, -0.2) is 34.7 Å². The molecule has 1 aliphatic rings. The maximum atomic E-state index is 12.4. The third-order valence-corrected chi connectivity index (χ3v) is 3.61. The molecule has 0 atom stereocenters. The van der Waals surface area contributed by atoms with Gasteiger partial charge in [-0.3, -0.25) is 10.2 Å². The van der Waals surface area contributed by atoms with E-state index in [9.17, 15) is 9.90 Å². The highest BCUT2D eigenvalue weighted by atomic mass is 16.2. The van der Waals surface area contributed by atoms with Crippen LogP contribution in [0.2, 0.25) is 0 Å². The number of piperidine rings is 1. The monoisotopic (exact) mass is 272 g/mol. The molecule has 2 rings (SSSR count). The predicted octanol–water partition coefficient (Wildman–Crippen LogP) is 2.82. The molecule has 0 radical (unpaired) electrons. The third kappa shape index (κ3) is 3.07. The lowest BCUT2D eigenvalue weighted by Gasteiger charge is -2.27. The molecule has 0 saturated carbocycles. The van der Waals surface area contributed by atoms with E-state index in [1.807, 2.05) is 19.1 Å². The Morgan fingerprint density at radius 1 is 1.20 bits per heavy atom. The van der Waals surface area contributed by atoms with Crippen LogP contribution < -0.4 is 0 Å². The quantitative estimate of drug-likeness (QED) is 0.505. The highest BCUT2D eigenvalue weighted by molar-refractivity contribution is 6.26. The molecular weight excluding hydrogens is 252 g/mol. The molecule has 0 bridgehead atoms. The molecule has 1 fully saturated rings. The van der Waals surface area contributed by atoms with Gasteiger partial charge in [0.05, 0.1) is 17.5 Å². The molecule has 4 nitrogen and oxygen atoms in total. The number of hydrogen-bond acceptors (Lipinski definition) is 3. The number of carbonyl (C=O) groups is 1. The third-order valence-electron chi connectivity index (χ3n) is 3.61. The summed E-state index contributed by atoms with van der Waals surface area (Å²) >= 11 is 0. The maximum absolute atomic E-state index is 12.4. The van der Waals surface area contributed by atoms with Crippen LogP contribution in [0.15, 0.2) is 36.1 Å². The summed E-state index contributed by atoms with van der Waals surface area (Å²) in [7, 11) is 0. The second-order valence-electron chi connectivity index (χ2n) is 5.14. The van der Waals surface area contributed by atoms with E-state index in [2.05, 4.69) is 0 Å². The summed E-state index contributed by atoms with van der Waals surface area (Å²) in [6, 6.07) is 7.38. The minimum absolute atomic E-state index is 0.0655.